The molecule has 1 atom stereocenters. The highest BCUT2D eigenvalue weighted by Crippen LogP contribution is 2.20. The van der Waals surface area contributed by atoms with Crippen molar-refractivity contribution in [1.82, 2.24) is 0 Å². The summed E-state index contributed by atoms with van der Waals surface area (Å²) in [5.74, 6) is 2.63. The lowest BCUT2D eigenvalue weighted by Gasteiger charge is -2.11. The molecule has 0 bridgehead atoms. The van der Waals surface area contributed by atoms with Crippen LogP contribution >= 0.6 is 0 Å². The molecule has 86 valence electrons. The maximum atomic E-state index is 11.9. The van der Waals surface area contributed by atoms with Crippen LogP contribution in [0.25, 0.3) is 0 Å². The van der Waals surface area contributed by atoms with Crippen LogP contribution in [0, 0.1) is 12.3 Å². The van der Waals surface area contributed by atoms with Gasteiger partial charge in [-0.1, -0.05) is 12.1 Å². The highest BCUT2D eigenvalue weighted by Gasteiger charge is 2.07. The summed E-state index contributed by atoms with van der Waals surface area (Å²) in [6.45, 7) is -2.80. The molecule has 0 aliphatic rings. The molecule has 16 heavy (non-hydrogen) atoms. The second-order valence-electron chi connectivity index (χ2n) is 3.30. The predicted molar refractivity (Wildman–Crippen MR) is 58.1 cm³/mol. The third kappa shape index (κ3) is 3.87. The van der Waals surface area contributed by atoms with E-state index >= 15 is 0 Å². The van der Waals surface area contributed by atoms with Crippen molar-refractivity contribution in [2.45, 2.75) is 25.5 Å². The van der Waals surface area contributed by atoms with Gasteiger partial charge in [-0.05, 0) is 24.1 Å². The fraction of sp³-hybridized carbons (Fsp3) is 0.333. The molecule has 4 heteroatoms. The molecule has 0 fully saturated rings. The zero-order valence-electron chi connectivity index (χ0n) is 8.70. The van der Waals surface area contributed by atoms with E-state index < -0.39 is 6.61 Å². The van der Waals surface area contributed by atoms with Gasteiger partial charge in [-0.25, -0.2) is 0 Å². The first kappa shape index (κ1) is 12.5. The summed E-state index contributed by atoms with van der Waals surface area (Å²) < 4.78 is 28.0. The van der Waals surface area contributed by atoms with Crippen LogP contribution in [0.2, 0.25) is 0 Å². The Morgan fingerprint density at radius 1 is 1.31 bits per heavy atom. The Balaban J connectivity index is 2.60. The van der Waals surface area contributed by atoms with Gasteiger partial charge < -0.3 is 10.5 Å². The Kier molecular flexibility index (Phi) is 4.74. The van der Waals surface area contributed by atoms with Gasteiger partial charge in [-0.15, -0.1) is 12.3 Å². The van der Waals surface area contributed by atoms with Gasteiger partial charge in [0.1, 0.15) is 5.75 Å². The topological polar surface area (TPSA) is 35.2 Å². The minimum atomic E-state index is -2.80. The highest BCUT2D eigenvalue weighted by molar-refractivity contribution is 5.29. The zero-order valence-corrected chi connectivity index (χ0v) is 8.70. The predicted octanol–water partition coefficient (Wildman–Crippen LogP) is 2.70. The number of hydrogen-bond acceptors (Lipinski definition) is 2. The molecule has 0 spiro atoms. The van der Waals surface area contributed by atoms with Crippen molar-refractivity contribution in [3.8, 4) is 18.1 Å². The van der Waals surface area contributed by atoms with E-state index in [9.17, 15) is 8.78 Å². The van der Waals surface area contributed by atoms with E-state index in [0.717, 1.165) is 5.56 Å². The Morgan fingerprint density at radius 2 is 1.94 bits per heavy atom. The first-order valence-electron chi connectivity index (χ1n) is 4.87. The smallest absolute Gasteiger partial charge is 0.387 e. The van der Waals surface area contributed by atoms with Crippen molar-refractivity contribution in [2.75, 3.05) is 0 Å². The molecular formula is C12H13F2NO. The van der Waals surface area contributed by atoms with Crippen molar-refractivity contribution in [3.05, 3.63) is 29.8 Å². The summed E-state index contributed by atoms with van der Waals surface area (Å²) in [5.41, 5.74) is 6.71. The maximum Gasteiger partial charge on any atom is 0.387 e. The van der Waals surface area contributed by atoms with Gasteiger partial charge in [-0.3, -0.25) is 0 Å². The molecule has 0 aliphatic carbocycles. The average molecular weight is 225 g/mol. The summed E-state index contributed by atoms with van der Waals surface area (Å²) in [7, 11) is 0. The molecule has 1 rings (SSSR count). The van der Waals surface area contributed by atoms with Crippen LogP contribution in [0.5, 0.6) is 5.75 Å². The van der Waals surface area contributed by atoms with Crippen molar-refractivity contribution in [2.24, 2.45) is 5.73 Å². The molecule has 0 aliphatic heterocycles. The lowest BCUT2D eigenvalue weighted by molar-refractivity contribution is -0.0498. The number of alkyl halides is 2. The molecule has 0 saturated carbocycles. The van der Waals surface area contributed by atoms with Crippen LogP contribution < -0.4 is 10.5 Å². The summed E-state index contributed by atoms with van der Waals surface area (Å²) in [6.07, 6.45) is 6.39. The first-order chi connectivity index (χ1) is 7.63. The van der Waals surface area contributed by atoms with E-state index in [1.54, 1.807) is 12.1 Å². The molecule has 0 heterocycles. The molecule has 0 aromatic heterocycles. The van der Waals surface area contributed by atoms with E-state index in [1.807, 2.05) is 0 Å². The van der Waals surface area contributed by atoms with Gasteiger partial charge in [0.25, 0.3) is 0 Å². The molecule has 2 nitrogen and oxygen atoms in total. The SMILES string of the molecule is C#CCCC(N)c1ccc(OC(F)F)cc1. The number of terminal acetylenes is 1. The largest absolute Gasteiger partial charge is 0.435 e. The second kappa shape index (κ2) is 6.09. The van der Waals surface area contributed by atoms with Crippen LogP contribution in [0.4, 0.5) is 8.78 Å². The minimum absolute atomic E-state index is 0.128. The quantitative estimate of drug-likeness (QED) is 0.782. The van der Waals surface area contributed by atoms with Crippen molar-refractivity contribution < 1.29 is 13.5 Å². The van der Waals surface area contributed by atoms with Gasteiger partial charge in [0.05, 0.1) is 0 Å². The van der Waals surface area contributed by atoms with E-state index in [0.29, 0.717) is 12.8 Å². The summed E-state index contributed by atoms with van der Waals surface area (Å²) in [5, 5.41) is 0. The number of benzene rings is 1. The molecule has 0 radical (unpaired) electrons. The summed E-state index contributed by atoms with van der Waals surface area (Å²) >= 11 is 0. The summed E-state index contributed by atoms with van der Waals surface area (Å²) in [4.78, 5) is 0. The molecule has 1 aromatic rings. The van der Waals surface area contributed by atoms with Gasteiger partial charge in [0, 0.05) is 12.5 Å². The van der Waals surface area contributed by atoms with Gasteiger partial charge in [0.2, 0.25) is 0 Å². The Bertz CT molecular complexity index is 356. The number of ether oxygens (including phenoxy) is 1. The average Bonchev–Trinajstić information content (AvgIpc) is 2.26. The van der Waals surface area contributed by atoms with Crippen LogP contribution in [0.15, 0.2) is 24.3 Å². The number of hydrogen-bond donors (Lipinski definition) is 1. The molecule has 1 unspecified atom stereocenters. The Labute approximate surface area is 93.4 Å². The maximum absolute atomic E-state index is 11.9. The van der Waals surface area contributed by atoms with Crippen molar-refractivity contribution in [3.63, 3.8) is 0 Å². The van der Waals surface area contributed by atoms with E-state index in [4.69, 9.17) is 12.2 Å². The minimum Gasteiger partial charge on any atom is -0.435 e. The molecule has 0 saturated heterocycles. The molecular weight excluding hydrogens is 212 g/mol. The number of rotatable bonds is 5. The van der Waals surface area contributed by atoms with Gasteiger partial charge in [0.15, 0.2) is 0 Å². The lowest BCUT2D eigenvalue weighted by Crippen LogP contribution is -2.10. The normalized spacial score (nSPS) is 12.2. The third-order valence-electron chi connectivity index (χ3n) is 2.13. The van der Waals surface area contributed by atoms with Gasteiger partial charge in [-0.2, -0.15) is 8.78 Å². The number of nitrogens with two attached hydrogens (primary N) is 1. The monoisotopic (exact) mass is 225 g/mol. The van der Waals surface area contributed by atoms with Gasteiger partial charge >= 0.3 is 6.61 Å². The molecule has 1 aromatic carbocycles. The zero-order chi connectivity index (χ0) is 12.0. The van der Waals surface area contributed by atoms with E-state index in [2.05, 4.69) is 10.7 Å². The Morgan fingerprint density at radius 3 is 2.44 bits per heavy atom. The standard InChI is InChI=1S/C12H13F2NO/c1-2-3-4-11(15)9-5-7-10(8-6-9)16-12(13)14/h1,5-8,11-12H,3-4,15H2. The van der Waals surface area contributed by atoms with Crippen LogP contribution in [-0.2, 0) is 0 Å². The molecule has 2 N–H and O–H groups in total. The Hall–Kier alpha value is -1.60. The third-order valence-corrected chi connectivity index (χ3v) is 2.13. The fourth-order valence-corrected chi connectivity index (χ4v) is 1.30. The fourth-order valence-electron chi connectivity index (χ4n) is 1.30. The van der Waals surface area contributed by atoms with Crippen LogP contribution in [0.1, 0.15) is 24.4 Å². The van der Waals surface area contributed by atoms with E-state index in [1.165, 1.54) is 12.1 Å². The van der Waals surface area contributed by atoms with Crippen molar-refractivity contribution >= 4 is 0 Å². The lowest BCUT2D eigenvalue weighted by atomic mass is 10.0. The van der Waals surface area contributed by atoms with E-state index in [-0.39, 0.29) is 11.8 Å². The number of halogens is 2. The first-order valence-corrected chi connectivity index (χ1v) is 4.87. The highest BCUT2D eigenvalue weighted by atomic mass is 19.3. The van der Waals surface area contributed by atoms with Crippen LogP contribution in [-0.4, -0.2) is 6.61 Å². The second-order valence-corrected chi connectivity index (χ2v) is 3.30. The van der Waals surface area contributed by atoms with Crippen LogP contribution in [0.3, 0.4) is 0 Å². The summed E-state index contributed by atoms with van der Waals surface area (Å²) in [6, 6.07) is 6.10. The molecule has 0 amide bonds. The van der Waals surface area contributed by atoms with Crippen molar-refractivity contribution in [1.29, 1.82) is 0 Å².